The molecule has 0 radical (unpaired) electrons. The average molecular weight is 350 g/mol. The van der Waals surface area contributed by atoms with Crippen LogP contribution < -0.4 is 10.6 Å². The summed E-state index contributed by atoms with van der Waals surface area (Å²) in [5.74, 6) is 0.425. The van der Waals surface area contributed by atoms with Gasteiger partial charge in [-0.05, 0) is 55.5 Å². The van der Waals surface area contributed by atoms with E-state index in [4.69, 9.17) is 0 Å². The highest BCUT2D eigenvalue weighted by molar-refractivity contribution is 6.04. The van der Waals surface area contributed by atoms with E-state index in [2.05, 4.69) is 24.5 Å². The lowest BCUT2D eigenvalue weighted by molar-refractivity contribution is -0.123. The number of amides is 2. The molecule has 0 spiro atoms. The fourth-order valence-electron chi connectivity index (χ4n) is 3.10. The third kappa shape index (κ3) is 3.96. The van der Waals surface area contributed by atoms with E-state index in [-0.39, 0.29) is 17.2 Å². The van der Waals surface area contributed by atoms with Crippen LogP contribution in [0.2, 0.25) is 0 Å². The fourth-order valence-corrected chi connectivity index (χ4v) is 3.10. The van der Waals surface area contributed by atoms with Crippen molar-refractivity contribution in [3.63, 3.8) is 0 Å². The minimum absolute atomic E-state index is 0.114. The Bertz CT molecular complexity index is 805. The molecule has 1 aliphatic rings. The molecule has 1 fully saturated rings. The lowest BCUT2D eigenvalue weighted by Gasteiger charge is -2.17. The third-order valence-electron chi connectivity index (χ3n) is 4.83. The van der Waals surface area contributed by atoms with Crippen LogP contribution >= 0.6 is 0 Å². The molecule has 2 aromatic rings. The van der Waals surface area contributed by atoms with Crippen LogP contribution in [-0.4, -0.2) is 18.4 Å². The quantitative estimate of drug-likeness (QED) is 0.826. The van der Waals surface area contributed by atoms with Gasteiger partial charge < -0.3 is 10.6 Å². The van der Waals surface area contributed by atoms with Gasteiger partial charge in [-0.2, -0.15) is 0 Å². The molecule has 0 heterocycles. The van der Waals surface area contributed by atoms with Gasteiger partial charge in [-0.1, -0.05) is 43.7 Å². The van der Waals surface area contributed by atoms with Gasteiger partial charge in [-0.3, -0.25) is 9.59 Å². The number of benzene rings is 2. The predicted molar refractivity (Wildman–Crippen MR) is 104 cm³/mol. The Labute approximate surface area is 155 Å². The molecule has 26 heavy (non-hydrogen) atoms. The van der Waals surface area contributed by atoms with Crippen LogP contribution in [0.3, 0.4) is 0 Å². The number of nitrogens with one attached hydrogen (secondary N) is 2. The zero-order valence-corrected chi connectivity index (χ0v) is 15.6. The summed E-state index contributed by atoms with van der Waals surface area (Å²) >= 11 is 0. The van der Waals surface area contributed by atoms with Crippen molar-refractivity contribution in [3.05, 3.63) is 65.2 Å². The van der Waals surface area contributed by atoms with Crippen LogP contribution in [0.1, 0.15) is 48.2 Å². The van der Waals surface area contributed by atoms with E-state index in [0.717, 1.165) is 29.7 Å². The first-order chi connectivity index (χ1) is 12.4. The molecule has 1 aliphatic carbocycles. The van der Waals surface area contributed by atoms with Gasteiger partial charge in [-0.25, -0.2) is 0 Å². The Morgan fingerprint density at radius 2 is 1.77 bits per heavy atom. The Morgan fingerprint density at radius 3 is 2.35 bits per heavy atom. The standard InChI is InChI=1S/C22H26N2O2/c1-15(2)14-23-21(26)22(11-12-22)18-7-9-19(10-8-18)24-20(25)17-6-4-5-16(3)13-17/h4-10,13,15H,11-12,14H2,1-3H3,(H,23,26)(H,24,25). The minimum Gasteiger partial charge on any atom is -0.355 e. The van der Waals surface area contributed by atoms with Crippen LogP contribution in [0.4, 0.5) is 5.69 Å². The maximum Gasteiger partial charge on any atom is 0.255 e. The summed E-state index contributed by atoms with van der Waals surface area (Å²) in [6.45, 7) is 6.84. The first kappa shape index (κ1) is 18.2. The predicted octanol–water partition coefficient (Wildman–Crippen LogP) is 4.05. The summed E-state index contributed by atoms with van der Waals surface area (Å²) in [6.07, 6.45) is 1.76. The van der Waals surface area contributed by atoms with Crippen molar-refractivity contribution in [1.82, 2.24) is 5.32 Å². The second kappa shape index (κ2) is 7.32. The number of carbonyl (C=O) groups is 2. The maximum atomic E-state index is 12.5. The molecular formula is C22H26N2O2. The van der Waals surface area contributed by atoms with Crippen LogP contribution in [0, 0.1) is 12.8 Å². The Hall–Kier alpha value is -2.62. The Balaban J connectivity index is 1.67. The van der Waals surface area contributed by atoms with Gasteiger partial charge in [0.25, 0.3) is 5.91 Å². The molecule has 0 aromatic heterocycles. The zero-order valence-electron chi connectivity index (χ0n) is 15.6. The van der Waals surface area contributed by atoms with E-state index < -0.39 is 0 Å². The summed E-state index contributed by atoms with van der Waals surface area (Å²) in [7, 11) is 0. The zero-order chi connectivity index (χ0) is 18.7. The molecular weight excluding hydrogens is 324 g/mol. The Kier molecular flexibility index (Phi) is 5.12. The molecule has 1 saturated carbocycles. The van der Waals surface area contributed by atoms with Crippen molar-refractivity contribution >= 4 is 17.5 Å². The van der Waals surface area contributed by atoms with Crippen molar-refractivity contribution in [2.75, 3.05) is 11.9 Å². The first-order valence-electron chi connectivity index (χ1n) is 9.17. The number of carbonyl (C=O) groups excluding carboxylic acids is 2. The van der Waals surface area contributed by atoms with E-state index in [9.17, 15) is 9.59 Å². The van der Waals surface area contributed by atoms with Gasteiger partial charge in [0.15, 0.2) is 0 Å². The largest absolute Gasteiger partial charge is 0.355 e. The normalized spacial score (nSPS) is 14.8. The van der Waals surface area contributed by atoms with Crippen LogP contribution in [0.5, 0.6) is 0 Å². The molecule has 2 amide bonds. The van der Waals surface area contributed by atoms with Gasteiger partial charge in [-0.15, -0.1) is 0 Å². The second-order valence-corrected chi connectivity index (χ2v) is 7.59. The van der Waals surface area contributed by atoms with Crippen LogP contribution in [0.25, 0.3) is 0 Å². The van der Waals surface area contributed by atoms with Gasteiger partial charge in [0.2, 0.25) is 5.91 Å². The molecule has 4 nitrogen and oxygen atoms in total. The SMILES string of the molecule is Cc1cccc(C(=O)Nc2ccc(C3(C(=O)NCC(C)C)CC3)cc2)c1. The van der Waals surface area contributed by atoms with Crippen molar-refractivity contribution in [1.29, 1.82) is 0 Å². The van der Waals surface area contributed by atoms with Crippen molar-refractivity contribution in [3.8, 4) is 0 Å². The van der Waals surface area contributed by atoms with E-state index in [1.807, 2.05) is 49.4 Å². The van der Waals surface area contributed by atoms with E-state index >= 15 is 0 Å². The molecule has 0 saturated heterocycles. The lowest BCUT2D eigenvalue weighted by Crippen LogP contribution is -2.36. The fraction of sp³-hybridized carbons (Fsp3) is 0.364. The Morgan fingerprint density at radius 1 is 1.08 bits per heavy atom. The number of anilines is 1. The van der Waals surface area contributed by atoms with E-state index in [1.54, 1.807) is 6.07 Å². The molecule has 136 valence electrons. The molecule has 2 N–H and O–H groups in total. The average Bonchev–Trinajstić information content (AvgIpc) is 3.42. The molecule has 0 aliphatic heterocycles. The monoisotopic (exact) mass is 350 g/mol. The van der Waals surface area contributed by atoms with Gasteiger partial charge in [0.05, 0.1) is 5.41 Å². The molecule has 2 aromatic carbocycles. The smallest absolute Gasteiger partial charge is 0.255 e. The number of rotatable bonds is 6. The minimum atomic E-state index is -0.381. The van der Waals surface area contributed by atoms with Crippen molar-refractivity contribution in [2.45, 2.75) is 39.0 Å². The molecule has 3 rings (SSSR count). The number of hydrogen-bond acceptors (Lipinski definition) is 2. The van der Waals surface area contributed by atoms with Crippen molar-refractivity contribution in [2.24, 2.45) is 5.92 Å². The summed E-state index contributed by atoms with van der Waals surface area (Å²) in [6, 6.07) is 15.2. The number of hydrogen-bond donors (Lipinski definition) is 2. The summed E-state index contributed by atoms with van der Waals surface area (Å²) in [4.78, 5) is 24.9. The topological polar surface area (TPSA) is 58.2 Å². The highest BCUT2D eigenvalue weighted by Gasteiger charge is 2.51. The van der Waals surface area contributed by atoms with Gasteiger partial charge in [0, 0.05) is 17.8 Å². The molecule has 4 heteroatoms. The maximum absolute atomic E-state index is 12.5. The summed E-state index contributed by atoms with van der Waals surface area (Å²) in [5.41, 5.74) is 3.07. The summed E-state index contributed by atoms with van der Waals surface area (Å²) < 4.78 is 0. The third-order valence-corrected chi connectivity index (χ3v) is 4.83. The first-order valence-corrected chi connectivity index (χ1v) is 9.17. The number of aryl methyl sites for hydroxylation is 1. The van der Waals surface area contributed by atoms with E-state index in [1.165, 1.54) is 0 Å². The van der Waals surface area contributed by atoms with Gasteiger partial charge >= 0.3 is 0 Å². The molecule has 0 atom stereocenters. The second-order valence-electron chi connectivity index (χ2n) is 7.59. The van der Waals surface area contributed by atoms with E-state index in [0.29, 0.717) is 18.0 Å². The highest BCUT2D eigenvalue weighted by Crippen LogP contribution is 2.48. The summed E-state index contributed by atoms with van der Waals surface area (Å²) in [5, 5.41) is 5.96. The van der Waals surface area contributed by atoms with Crippen LogP contribution in [-0.2, 0) is 10.2 Å². The van der Waals surface area contributed by atoms with Gasteiger partial charge in [0.1, 0.15) is 0 Å². The highest BCUT2D eigenvalue weighted by atomic mass is 16.2. The molecule has 0 bridgehead atoms. The lowest BCUT2D eigenvalue weighted by atomic mass is 9.94. The van der Waals surface area contributed by atoms with Crippen LogP contribution in [0.15, 0.2) is 48.5 Å². The molecule has 0 unspecified atom stereocenters. The van der Waals surface area contributed by atoms with Crippen molar-refractivity contribution < 1.29 is 9.59 Å².